The molecule has 0 aliphatic rings. The van der Waals surface area contributed by atoms with E-state index in [1.54, 1.807) is 23.1 Å². The molecule has 2 atom stereocenters. The van der Waals surface area contributed by atoms with Crippen molar-refractivity contribution in [1.82, 2.24) is 10.2 Å². The number of halogens is 2. The number of nitrogens with zero attached hydrogens (tertiary/aromatic N) is 1. The summed E-state index contributed by atoms with van der Waals surface area (Å²) in [6.45, 7) is 13.5. The van der Waals surface area contributed by atoms with Gasteiger partial charge in [0.15, 0.2) is 0 Å². The zero-order valence-electron chi connectivity index (χ0n) is 26.9. The predicted octanol–water partition coefficient (Wildman–Crippen LogP) is 6.72. The summed E-state index contributed by atoms with van der Waals surface area (Å²) >= 11 is 0. The maximum atomic E-state index is 13.9. The van der Waals surface area contributed by atoms with Crippen molar-refractivity contribution in [2.45, 2.75) is 84.9 Å². The molecule has 6 nitrogen and oxygen atoms in total. The first kappa shape index (κ1) is 34.9. The fourth-order valence-corrected chi connectivity index (χ4v) is 5.32. The number of amides is 1. The monoisotopic (exact) mass is 607 g/mol. The average molecular weight is 608 g/mol. The largest absolute Gasteiger partial charge is 0.456 e. The van der Waals surface area contributed by atoms with E-state index in [0.29, 0.717) is 24.2 Å². The highest BCUT2D eigenvalue weighted by atomic mass is 19.1. The second kappa shape index (κ2) is 15.9. The van der Waals surface area contributed by atoms with Gasteiger partial charge in [-0.1, -0.05) is 45.0 Å². The van der Waals surface area contributed by atoms with Crippen molar-refractivity contribution in [2.24, 2.45) is 5.73 Å². The Hall–Kier alpha value is -3.62. The minimum absolute atomic E-state index is 0.0839. The number of benzene rings is 3. The topological polar surface area (TPSA) is 84.7 Å². The fourth-order valence-electron chi connectivity index (χ4n) is 5.32. The molecule has 0 saturated carbocycles. The fraction of sp³-hybridized carbons (Fsp3) is 0.444. The van der Waals surface area contributed by atoms with Crippen LogP contribution >= 0.6 is 0 Å². The van der Waals surface area contributed by atoms with Gasteiger partial charge in [-0.3, -0.25) is 4.79 Å². The Balaban J connectivity index is 1.88. The van der Waals surface area contributed by atoms with Gasteiger partial charge in [-0.25, -0.2) is 13.6 Å². The molecule has 3 aromatic carbocycles. The molecule has 0 aromatic heterocycles. The highest BCUT2D eigenvalue weighted by Crippen LogP contribution is 2.23. The van der Waals surface area contributed by atoms with Crippen LogP contribution in [0.5, 0.6) is 0 Å². The Labute approximate surface area is 261 Å². The molecule has 2 unspecified atom stereocenters. The second-order valence-corrected chi connectivity index (χ2v) is 12.0. The Kier molecular flexibility index (Phi) is 12.6. The normalized spacial score (nSPS) is 12.9. The average Bonchev–Trinajstić information content (AvgIpc) is 2.97. The number of nitrogens with one attached hydrogen (secondary N) is 1. The Morgan fingerprint density at radius 3 is 2.16 bits per heavy atom. The van der Waals surface area contributed by atoms with E-state index in [1.165, 1.54) is 17.7 Å². The van der Waals surface area contributed by atoms with E-state index in [2.05, 4.69) is 24.4 Å². The summed E-state index contributed by atoms with van der Waals surface area (Å²) in [6.07, 6.45) is 1.79. The molecule has 0 aliphatic carbocycles. The van der Waals surface area contributed by atoms with Gasteiger partial charge >= 0.3 is 5.97 Å². The minimum atomic E-state index is -0.848. The third-order valence-corrected chi connectivity index (χ3v) is 7.77. The van der Waals surface area contributed by atoms with Crippen molar-refractivity contribution in [3.63, 3.8) is 0 Å². The molecule has 0 spiro atoms. The number of aryl methyl sites for hydroxylation is 2. The molecule has 3 rings (SSSR count). The third-order valence-electron chi connectivity index (χ3n) is 7.77. The van der Waals surface area contributed by atoms with Gasteiger partial charge in [0.1, 0.15) is 17.7 Å². The van der Waals surface area contributed by atoms with Gasteiger partial charge < -0.3 is 20.7 Å². The summed E-state index contributed by atoms with van der Waals surface area (Å²) in [4.78, 5) is 28.7. The third kappa shape index (κ3) is 9.69. The van der Waals surface area contributed by atoms with Crippen LogP contribution in [0.2, 0.25) is 0 Å². The Bertz CT molecular complexity index is 1400. The molecule has 1 amide bonds. The van der Waals surface area contributed by atoms with Crippen LogP contribution in [0, 0.1) is 18.6 Å². The van der Waals surface area contributed by atoms with Crippen molar-refractivity contribution in [3.05, 3.63) is 106 Å². The van der Waals surface area contributed by atoms with Gasteiger partial charge in [0.05, 0.1) is 5.56 Å². The quantitative estimate of drug-likeness (QED) is 0.188. The summed E-state index contributed by atoms with van der Waals surface area (Å²) in [5.74, 6) is -2.16. The van der Waals surface area contributed by atoms with Crippen LogP contribution in [0.4, 0.5) is 8.78 Å². The number of carbonyl (C=O) groups is 2. The molecule has 0 bridgehead atoms. The lowest BCUT2D eigenvalue weighted by Crippen LogP contribution is -2.50. The number of hydrogen-bond donors (Lipinski definition) is 2. The molecule has 0 fully saturated rings. The van der Waals surface area contributed by atoms with E-state index in [4.69, 9.17) is 10.5 Å². The van der Waals surface area contributed by atoms with Crippen LogP contribution in [-0.4, -0.2) is 48.6 Å². The summed E-state index contributed by atoms with van der Waals surface area (Å²) < 4.78 is 33.9. The first-order chi connectivity index (χ1) is 20.9. The van der Waals surface area contributed by atoms with Gasteiger partial charge in [-0.05, 0) is 99.0 Å². The van der Waals surface area contributed by atoms with Gasteiger partial charge in [-0.15, -0.1) is 0 Å². The number of carbonyl (C=O) groups excluding carboxylic acids is 2. The van der Waals surface area contributed by atoms with Crippen LogP contribution in [0.15, 0.2) is 60.7 Å². The molecule has 8 heteroatoms. The number of ether oxygens (including phenoxy) is 1. The predicted molar refractivity (Wildman–Crippen MR) is 172 cm³/mol. The number of hydrogen-bond acceptors (Lipinski definition) is 5. The first-order valence-corrected chi connectivity index (χ1v) is 15.5. The van der Waals surface area contributed by atoms with Crippen molar-refractivity contribution in [3.8, 4) is 0 Å². The summed E-state index contributed by atoms with van der Waals surface area (Å²) in [5, 5.41) is 3.49. The van der Waals surface area contributed by atoms with Crippen molar-refractivity contribution in [2.75, 3.05) is 19.6 Å². The standard InChI is InChI=1S/C36H47F2N3O3/c1-7-13-41(14-8-2)34(42)27-15-24(4)16-28(21-27)35(43)44-33(32(39)20-26-18-30(37)22-31(38)19-26)23-40-36(5,6)29-12-10-11-25(9-3)17-29/h10-12,15-19,21-22,32-33,40H,7-9,13-14,20,23,39H2,1-6H3. The molecule has 0 aliphatic heterocycles. The lowest BCUT2D eigenvalue weighted by Gasteiger charge is -2.32. The maximum absolute atomic E-state index is 13.9. The summed E-state index contributed by atoms with van der Waals surface area (Å²) in [7, 11) is 0. The SMILES string of the molecule is CCCN(CCC)C(=O)c1cc(C)cc(C(=O)OC(CNC(C)(C)c2cccc(CC)c2)C(N)Cc2cc(F)cc(F)c2)c1. The van der Waals surface area contributed by atoms with Crippen LogP contribution in [0.3, 0.4) is 0 Å². The van der Waals surface area contributed by atoms with Gasteiger partial charge in [0.2, 0.25) is 0 Å². The number of esters is 1. The Morgan fingerprint density at radius 1 is 0.909 bits per heavy atom. The maximum Gasteiger partial charge on any atom is 0.338 e. The molecule has 3 aromatic rings. The molecular formula is C36H47F2N3O3. The van der Waals surface area contributed by atoms with Crippen molar-refractivity contribution >= 4 is 11.9 Å². The highest BCUT2D eigenvalue weighted by Gasteiger charge is 2.28. The summed E-state index contributed by atoms with van der Waals surface area (Å²) in [6, 6.07) is 15.8. The van der Waals surface area contributed by atoms with Crippen molar-refractivity contribution in [1.29, 1.82) is 0 Å². The molecule has 0 radical (unpaired) electrons. The Morgan fingerprint density at radius 2 is 1.55 bits per heavy atom. The summed E-state index contributed by atoms with van der Waals surface area (Å²) in [5.41, 5.74) is 10.1. The molecule has 0 saturated heterocycles. The first-order valence-electron chi connectivity index (χ1n) is 15.5. The minimum Gasteiger partial charge on any atom is -0.456 e. The molecule has 238 valence electrons. The highest BCUT2D eigenvalue weighted by molar-refractivity contribution is 5.98. The van der Waals surface area contributed by atoms with Crippen LogP contribution in [0.1, 0.15) is 90.4 Å². The van der Waals surface area contributed by atoms with Crippen molar-refractivity contribution < 1.29 is 23.1 Å². The number of rotatable bonds is 15. The zero-order valence-corrected chi connectivity index (χ0v) is 26.9. The van der Waals surface area contributed by atoms with Crippen LogP contribution < -0.4 is 11.1 Å². The van der Waals surface area contributed by atoms with E-state index in [0.717, 1.165) is 36.5 Å². The molecule has 44 heavy (non-hydrogen) atoms. The van der Waals surface area contributed by atoms with Crippen LogP contribution in [-0.2, 0) is 23.1 Å². The number of nitrogens with two attached hydrogens (primary N) is 1. The van der Waals surface area contributed by atoms with Crippen LogP contribution in [0.25, 0.3) is 0 Å². The van der Waals surface area contributed by atoms with E-state index in [-0.39, 0.29) is 24.4 Å². The second-order valence-electron chi connectivity index (χ2n) is 12.0. The van der Waals surface area contributed by atoms with Gasteiger partial charge in [-0.2, -0.15) is 0 Å². The van der Waals surface area contributed by atoms with E-state index in [1.807, 2.05) is 46.8 Å². The van der Waals surface area contributed by atoms with Gasteiger partial charge in [0.25, 0.3) is 5.91 Å². The van der Waals surface area contributed by atoms with E-state index >= 15 is 0 Å². The smallest absolute Gasteiger partial charge is 0.338 e. The lowest BCUT2D eigenvalue weighted by molar-refractivity contribution is 0.0220. The zero-order chi connectivity index (χ0) is 32.4. The van der Waals surface area contributed by atoms with E-state index in [9.17, 15) is 18.4 Å². The molecule has 0 heterocycles. The lowest BCUT2D eigenvalue weighted by atomic mass is 9.91. The van der Waals surface area contributed by atoms with Gasteiger partial charge in [0, 0.05) is 42.8 Å². The molecule has 3 N–H and O–H groups in total. The molecular weight excluding hydrogens is 560 g/mol. The van der Waals surface area contributed by atoms with E-state index < -0.39 is 35.3 Å².